The number of carboxylic acid groups (broad SMARTS) is 3. The lowest BCUT2D eigenvalue weighted by Crippen LogP contribution is -2.06. The summed E-state index contributed by atoms with van der Waals surface area (Å²) in [7, 11) is 2.56. The number of aromatic hydroxyl groups is 6. The first-order valence-corrected chi connectivity index (χ1v) is 18.6. The molecule has 0 atom stereocenters. The zero-order chi connectivity index (χ0) is 45.1. The van der Waals surface area contributed by atoms with Crippen molar-refractivity contribution in [3.8, 4) is 34.5 Å². The van der Waals surface area contributed by atoms with Gasteiger partial charge in [-0.1, -0.05) is 15.9 Å². The number of halogens is 4. The molecule has 59 heavy (non-hydrogen) atoms. The van der Waals surface area contributed by atoms with Crippen LogP contribution in [0.4, 0.5) is 0 Å². The molecule has 5 aromatic rings. The van der Waals surface area contributed by atoms with Crippen molar-refractivity contribution in [2.45, 2.75) is 0 Å². The van der Waals surface area contributed by atoms with Crippen LogP contribution in [-0.4, -0.2) is 96.3 Å². The monoisotopic (exact) mass is 1070 g/mol. The van der Waals surface area contributed by atoms with Gasteiger partial charge in [-0.05, 0) is 121 Å². The summed E-state index contributed by atoms with van der Waals surface area (Å²) < 4.78 is 10.9. The van der Waals surface area contributed by atoms with Crippen LogP contribution in [0.1, 0.15) is 62.1 Å². The number of methoxy groups -OCH3 is 2. The fourth-order valence-electron chi connectivity index (χ4n) is 3.72. The second-order valence-electron chi connectivity index (χ2n) is 10.6. The number of hydrogen-bond acceptors (Lipinski definition) is 14. The van der Waals surface area contributed by atoms with Crippen molar-refractivity contribution in [2.75, 3.05) is 14.2 Å². The molecule has 0 saturated heterocycles. The summed E-state index contributed by atoms with van der Waals surface area (Å²) in [4.78, 5) is 64.0. The van der Waals surface area contributed by atoms with Gasteiger partial charge < -0.3 is 55.4 Å². The Kier molecular flexibility index (Phi) is 21.2. The average molecular weight is 1080 g/mol. The maximum absolute atomic E-state index is 11.2. The van der Waals surface area contributed by atoms with Gasteiger partial charge in [0.05, 0.1) is 45.4 Å². The Morgan fingerprint density at radius 1 is 0.475 bits per heavy atom. The van der Waals surface area contributed by atoms with Crippen LogP contribution in [0, 0.1) is 0 Å². The van der Waals surface area contributed by atoms with E-state index in [1.54, 1.807) is 18.2 Å². The molecule has 0 amide bonds. The zero-order valence-electron chi connectivity index (χ0n) is 30.0. The zero-order valence-corrected chi connectivity index (χ0v) is 36.3. The van der Waals surface area contributed by atoms with Gasteiger partial charge in [0.25, 0.3) is 0 Å². The lowest BCUT2D eigenvalue weighted by Gasteiger charge is -2.03. The number of aromatic carboxylic acids is 3. The summed E-state index contributed by atoms with van der Waals surface area (Å²) in [5.41, 5.74) is 0.593. The minimum absolute atomic E-state index is 0.0411. The molecule has 0 aliphatic heterocycles. The molecule has 5 aromatic carbocycles. The maximum Gasteiger partial charge on any atom is 0.339 e. The topological polar surface area (TPSA) is 303 Å². The summed E-state index contributed by atoms with van der Waals surface area (Å²) in [5.74, 6) is -5.57. The average Bonchev–Trinajstić information content (AvgIpc) is 3.18. The third kappa shape index (κ3) is 17.1. The second-order valence-corrected chi connectivity index (χ2v) is 14.1. The van der Waals surface area contributed by atoms with E-state index in [2.05, 4.69) is 73.2 Å². The highest BCUT2D eigenvalue weighted by atomic mass is 79.9. The summed E-state index contributed by atoms with van der Waals surface area (Å²) >= 11 is 12.2. The molecule has 17 nitrogen and oxygen atoms in total. The Labute approximate surface area is 366 Å². The minimum Gasteiger partial charge on any atom is -0.508 e. The van der Waals surface area contributed by atoms with E-state index in [1.807, 2.05) is 0 Å². The molecule has 9 N–H and O–H groups in total. The quantitative estimate of drug-likeness (QED) is 0.0440. The lowest BCUT2D eigenvalue weighted by molar-refractivity contribution is 0.0594. The van der Waals surface area contributed by atoms with Crippen LogP contribution in [0.2, 0.25) is 0 Å². The van der Waals surface area contributed by atoms with Crippen LogP contribution in [-0.2, 0) is 9.47 Å². The molecule has 21 heteroatoms. The number of carbonyl (C=O) groups is 6. The molecule has 0 unspecified atom stereocenters. The summed E-state index contributed by atoms with van der Waals surface area (Å²) in [5, 5.41) is 79.0. The van der Waals surface area contributed by atoms with Crippen molar-refractivity contribution in [1.82, 2.24) is 0 Å². The van der Waals surface area contributed by atoms with Gasteiger partial charge in [-0.25, -0.2) is 24.0 Å². The molecule has 0 aromatic heterocycles. The Morgan fingerprint density at radius 3 is 1.44 bits per heavy atom. The molecule has 0 aliphatic rings. The number of esters is 2. The van der Waals surface area contributed by atoms with Crippen LogP contribution < -0.4 is 0 Å². The highest BCUT2D eigenvalue weighted by Crippen LogP contribution is 2.31. The number of phenolic OH excluding ortho intramolecular Hbond substituents is 5. The largest absolute Gasteiger partial charge is 0.508 e. The van der Waals surface area contributed by atoms with Crippen molar-refractivity contribution in [3.05, 3.63) is 136 Å². The fraction of sp³-hybridized carbons (Fsp3) is 0.0526. The first-order chi connectivity index (χ1) is 27.6. The van der Waals surface area contributed by atoms with Gasteiger partial charge in [0.2, 0.25) is 0 Å². The van der Waals surface area contributed by atoms with Gasteiger partial charge in [0.15, 0.2) is 11.5 Å². The highest BCUT2D eigenvalue weighted by Gasteiger charge is 2.14. The van der Waals surface area contributed by atoms with Crippen molar-refractivity contribution in [3.63, 3.8) is 0 Å². The first kappa shape index (κ1) is 50.9. The molecule has 5 rings (SSSR count). The van der Waals surface area contributed by atoms with Crippen LogP contribution in [0.15, 0.2) is 103 Å². The Hall–Kier alpha value is -6.16. The number of aldehydes is 1. The molecular weight excluding hydrogens is 1050 g/mol. The van der Waals surface area contributed by atoms with Crippen LogP contribution >= 0.6 is 63.7 Å². The molecule has 0 aliphatic carbocycles. The van der Waals surface area contributed by atoms with Gasteiger partial charge in [0.1, 0.15) is 34.8 Å². The number of hydrogen-bond donors (Lipinski definition) is 9. The molecular formula is C38H30Br4O17. The van der Waals surface area contributed by atoms with Gasteiger partial charge in [-0.15, -0.1) is 0 Å². The highest BCUT2D eigenvalue weighted by molar-refractivity contribution is 9.11. The van der Waals surface area contributed by atoms with Gasteiger partial charge in [-0.2, -0.15) is 0 Å². The standard InChI is InChI=1S/C10H9BrO4.C8H5BrO4.C7H5BrO4.C7H6O3.C6H5BrO2/c1-14-9(12)6-3-7(10(13)15-2)5-8(11)4-6;9-6-2-1-4(7(10)11)3-5(6)8(12)13;8-4-1-3(7(11)12)5(9)2-6(4)10;8-4-5-1-2-6(9)7(10)3-5;7-5-2-1-4(8)3-6(5)9/h3-5H,1-2H3;1-3H,(H,10,11)(H,12,13);1-2,9-10H,(H,11,12);1-4,9-10H;1-3,8-9H. The molecule has 0 radical (unpaired) electrons. The second kappa shape index (κ2) is 24.6. The predicted molar refractivity (Wildman–Crippen MR) is 222 cm³/mol. The van der Waals surface area contributed by atoms with Crippen LogP contribution in [0.3, 0.4) is 0 Å². The number of carboxylic acids is 3. The van der Waals surface area contributed by atoms with Crippen molar-refractivity contribution in [1.29, 1.82) is 0 Å². The van der Waals surface area contributed by atoms with E-state index >= 15 is 0 Å². The maximum atomic E-state index is 11.2. The minimum atomic E-state index is -1.24. The molecule has 0 bridgehead atoms. The fourth-order valence-corrected chi connectivity index (χ4v) is 5.22. The van der Waals surface area contributed by atoms with Crippen LogP contribution in [0.5, 0.6) is 34.5 Å². The number of benzene rings is 5. The third-order valence-electron chi connectivity index (χ3n) is 6.54. The normalized spacial score (nSPS) is 9.53. The van der Waals surface area contributed by atoms with Gasteiger partial charge in [-0.3, -0.25) is 4.79 Å². The summed E-state index contributed by atoms with van der Waals surface area (Å²) in [6, 6.07) is 18.7. The van der Waals surface area contributed by atoms with Gasteiger partial charge >= 0.3 is 29.8 Å². The Morgan fingerprint density at radius 2 is 1.00 bits per heavy atom. The Bertz CT molecular complexity index is 2300. The van der Waals surface area contributed by atoms with Gasteiger partial charge in [0, 0.05) is 26.6 Å². The Balaban J connectivity index is 0.000000373. The van der Waals surface area contributed by atoms with E-state index in [9.17, 15) is 28.8 Å². The summed E-state index contributed by atoms with van der Waals surface area (Å²) in [6.45, 7) is 0. The van der Waals surface area contributed by atoms with Crippen molar-refractivity contribution < 1.29 is 84.2 Å². The van der Waals surface area contributed by atoms with Crippen molar-refractivity contribution >= 4 is 99.9 Å². The SMILES string of the molecule is COC(=O)c1cc(Br)cc(C(=O)OC)c1.O=C(O)c1cc(Br)c(O)cc1O.O=C(O)c1ccc(Br)c(C(=O)O)c1.O=Cc1ccc(O)c(O)c1.Oc1ccc(Br)c(O)c1. The third-order valence-corrected chi connectivity index (χ3v) is 9.00. The van der Waals surface area contributed by atoms with Crippen LogP contribution in [0.25, 0.3) is 0 Å². The first-order valence-electron chi connectivity index (χ1n) is 15.4. The number of ether oxygens (including phenoxy) is 2. The van der Waals surface area contributed by atoms with E-state index < -0.39 is 35.6 Å². The van der Waals surface area contributed by atoms with E-state index in [0.717, 1.165) is 18.2 Å². The lowest BCUT2D eigenvalue weighted by atomic mass is 10.1. The molecule has 312 valence electrons. The molecule has 0 fully saturated rings. The van der Waals surface area contributed by atoms with Crippen molar-refractivity contribution in [2.24, 2.45) is 0 Å². The van der Waals surface area contributed by atoms with E-state index in [-0.39, 0.29) is 49.9 Å². The smallest absolute Gasteiger partial charge is 0.339 e. The molecule has 0 spiro atoms. The number of carbonyl (C=O) groups excluding carboxylic acids is 3. The molecule has 0 saturated carbocycles. The molecule has 0 heterocycles. The van der Waals surface area contributed by atoms with E-state index in [1.165, 1.54) is 62.8 Å². The predicted octanol–water partition coefficient (Wildman–Crippen LogP) is 8.20. The summed E-state index contributed by atoms with van der Waals surface area (Å²) in [6.07, 6.45) is 0.596. The number of phenols is 6. The van der Waals surface area contributed by atoms with E-state index in [0.29, 0.717) is 36.4 Å². The van der Waals surface area contributed by atoms with E-state index in [4.69, 9.17) is 46.0 Å². The number of rotatable bonds is 6.